The minimum atomic E-state index is -0.930. The average molecular weight is 283 g/mol. The first kappa shape index (κ1) is 13.0. The van der Waals surface area contributed by atoms with E-state index in [0.717, 1.165) is 10.9 Å². The molecule has 0 saturated heterocycles. The third-order valence-electron chi connectivity index (χ3n) is 3.08. The van der Waals surface area contributed by atoms with Crippen molar-refractivity contribution in [2.75, 3.05) is 5.32 Å². The van der Waals surface area contributed by atoms with Crippen molar-refractivity contribution >= 4 is 22.8 Å². The van der Waals surface area contributed by atoms with E-state index in [1.54, 1.807) is 30.5 Å². The summed E-state index contributed by atoms with van der Waals surface area (Å²) in [5, 5.41) is 19.7. The molecular weight excluding hydrogens is 270 g/mol. The highest BCUT2D eigenvalue weighted by Gasteiger charge is 2.07. The van der Waals surface area contributed by atoms with Crippen LogP contribution in [0.3, 0.4) is 0 Å². The average Bonchev–Trinajstić information content (AvgIpc) is 2.93. The van der Waals surface area contributed by atoms with Gasteiger partial charge < -0.3 is 10.4 Å². The number of benzene rings is 1. The minimum Gasteiger partial charge on any atom is -0.478 e. The van der Waals surface area contributed by atoms with Gasteiger partial charge in [-0.1, -0.05) is 12.1 Å². The number of aryl methyl sites for hydroxylation is 1. The standard InChI is InChI=1S/C14H13N5O2/c1-8-17-12(11-7-16-19-13(11)18-8)15-6-9-2-4-10(5-3-9)14(20)21/h2-5,7H,6H2,1H3,(H,20,21)(H2,15,16,17,18,19). The SMILES string of the molecule is Cc1nc(NCc2ccc(C(=O)O)cc2)c2cn[nH]c2n1. The Morgan fingerprint density at radius 2 is 2.05 bits per heavy atom. The summed E-state index contributed by atoms with van der Waals surface area (Å²) >= 11 is 0. The Morgan fingerprint density at radius 3 is 2.76 bits per heavy atom. The van der Waals surface area contributed by atoms with E-state index < -0.39 is 5.97 Å². The van der Waals surface area contributed by atoms with Crippen molar-refractivity contribution in [2.45, 2.75) is 13.5 Å². The lowest BCUT2D eigenvalue weighted by atomic mass is 10.1. The molecule has 3 aromatic rings. The van der Waals surface area contributed by atoms with Gasteiger partial charge in [0.25, 0.3) is 0 Å². The molecule has 7 nitrogen and oxygen atoms in total. The molecule has 0 unspecified atom stereocenters. The molecule has 0 radical (unpaired) electrons. The van der Waals surface area contributed by atoms with E-state index in [1.165, 1.54) is 0 Å². The summed E-state index contributed by atoms with van der Waals surface area (Å²) in [6.45, 7) is 2.35. The number of carboxylic acid groups (broad SMARTS) is 1. The van der Waals surface area contributed by atoms with Crippen LogP contribution >= 0.6 is 0 Å². The van der Waals surface area contributed by atoms with Crippen LogP contribution in [-0.2, 0) is 6.54 Å². The van der Waals surface area contributed by atoms with Crippen LogP contribution < -0.4 is 5.32 Å². The predicted molar refractivity (Wildman–Crippen MR) is 77.1 cm³/mol. The van der Waals surface area contributed by atoms with Gasteiger partial charge >= 0.3 is 5.97 Å². The molecule has 0 aliphatic carbocycles. The lowest BCUT2D eigenvalue weighted by molar-refractivity contribution is 0.0697. The quantitative estimate of drug-likeness (QED) is 0.676. The van der Waals surface area contributed by atoms with Crippen molar-refractivity contribution in [3.63, 3.8) is 0 Å². The highest BCUT2D eigenvalue weighted by atomic mass is 16.4. The maximum Gasteiger partial charge on any atom is 0.335 e. The second kappa shape index (κ2) is 5.20. The van der Waals surface area contributed by atoms with Crippen LogP contribution in [0, 0.1) is 6.92 Å². The number of anilines is 1. The highest BCUT2D eigenvalue weighted by molar-refractivity contribution is 5.87. The molecule has 0 bridgehead atoms. The van der Waals surface area contributed by atoms with Gasteiger partial charge in [-0.25, -0.2) is 14.8 Å². The van der Waals surface area contributed by atoms with Crippen LogP contribution in [-0.4, -0.2) is 31.2 Å². The first-order valence-electron chi connectivity index (χ1n) is 6.37. The molecule has 0 fully saturated rings. The summed E-state index contributed by atoms with van der Waals surface area (Å²) < 4.78 is 0. The largest absolute Gasteiger partial charge is 0.478 e. The number of carbonyl (C=O) groups is 1. The van der Waals surface area contributed by atoms with Gasteiger partial charge in [0, 0.05) is 6.54 Å². The Morgan fingerprint density at radius 1 is 1.29 bits per heavy atom. The lowest BCUT2D eigenvalue weighted by Crippen LogP contribution is -2.04. The number of aromatic carboxylic acids is 1. The Balaban J connectivity index is 1.80. The number of hydrogen-bond acceptors (Lipinski definition) is 5. The molecule has 106 valence electrons. The smallest absolute Gasteiger partial charge is 0.335 e. The Bertz CT molecular complexity index is 795. The van der Waals surface area contributed by atoms with Gasteiger partial charge in [0.05, 0.1) is 17.1 Å². The number of aromatic amines is 1. The highest BCUT2D eigenvalue weighted by Crippen LogP contribution is 2.18. The Labute approximate surface area is 120 Å². The summed E-state index contributed by atoms with van der Waals surface area (Å²) in [6.07, 6.45) is 1.67. The normalized spacial score (nSPS) is 10.7. The van der Waals surface area contributed by atoms with Crippen molar-refractivity contribution < 1.29 is 9.90 Å². The number of nitrogens with one attached hydrogen (secondary N) is 2. The second-order valence-corrected chi connectivity index (χ2v) is 4.61. The molecule has 21 heavy (non-hydrogen) atoms. The molecule has 0 aliphatic rings. The van der Waals surface area contributed by atoms with Gasteiger partial charge in [0.2, 0.25) is 0 Å². The van der Waals surface area contributed by atoms with Crippen molar-refractivity contribution in [1.29, 1.82) is 0 Å². The zero-order valence-electron chi connectivity index (χ0n) is 11.3. The van der Waals surface area contributed by atoms with E-state index in [2.05, 4.69) is 25.5 Å². The number of rotatable bonds is 4. The fourth-order valence-corrected chi connectivity index (χ4v) is 2.03. The summed E-state index contributed by atoms with van der Waals surface area (Å²) in [6, 6.07) is 6.71. The molecule has 0 saturated carbocycles. The summed E-state index contributed by atoms with van der Waals surface area (Å²) in [5.74, 6) is 0.421. The maximum atomic E-state index is 10.8. The van der Waals surface area contributed by atoms with E-state index in [-0.39, 0.29) is 5.56 Å². The van der Waals surface area contributed by atoms with Crippen LogP contribution in [0.25, 0.3) is 11.0 Å². The van der Waals surface area contributed by atoms with Gasteiger partial charge in [-0.05, 0) is 24.6 Å². The second-order valence-electron chi connectivity index (χ2n) is 4.61. The van der Waals surface area contributed by atoms with Crippen LogP contribution in [0.1, 0.15) is 21.7 Å². The summed E-state index contributed by atoms with van der Waals surface area (Å²) in [4.78, 5) is 19.4. The van der Waals surface area contributed by atoms with Crippen LogP contribution in [0.15, 0.2) is 30.5 Å². The molecule has 1 aromatic carbocycles. The fourth-order valence-electron chi connectivity index (χ4n) is 2.03. The van der Waals surface area contributed by atoms with Crippen molar-refractivity contribution in [3.8, 4) is 0 Å². The molecule has 0 aliphatic heterocycles. The van der Waals surface area contributed by atoms with Crippen molar-refractivity contribution in [3.05, 3.63) is 47.4 Å². The third kappa shape index (κ3) is 2.66. The van der Waals surface area contributed by atoms with E-state index >= 15 is 0 Å². The molecule has 0 spiro atoms. The van der Waals surface area contributed by atoms with E-state index in [4.69, 9.17) is 5.11 Å². The van der Waals surface area contributed by atoms with Gasteiger partial charge in [-0.3, -0.25) is 5.10 Å². The monoisotopic (exact) mass is 283 g/mol. The minimum absolute atomic E-state index is 0.272. The van der Waals surface area contributed by atoms with E-state index in [9.17, 15) is 4.79 Å². The molecule has 2 heterocycles. The molecular formula is C14H13N5O2. The summed E-state index contributed by atoms with van der Waals surface area (Å²) in [7, 11) is 0. The predicted octanol–water partition coefficient (Wildman–Crippen LogP) is 1.97. The molecule has 3 rings (SSSR count). The van der Waals surface area contributed by atoms with Crippen LogP contribution in [0.2, 0.25) is 0 Å². The van der Waals surface area contributed by atoms with E-state index in [1.807, 2.05) is 6.92 Å². The number of H-pyrrole nitrogens is 1. The van der Waals surface area contributed by atoms with Gasteiger partial charge in [-0.15, -0.1) is 0 Å². The number of carboxylic acids is 1. The maximum absolute atomic E-state index is 10.8. The van der Waals surface area contributed by atoms with Gasteiger partial charge in [0.1, 0.15) is 11.6 Å². The number of hydrogen-bond donors (Lipinski definition) is 3. The molecule has 3 N–H and O–H groups in total. The molecule has 2 aromatic heterocycles. The zero-order valence-corrected chi connectivity index (χ0v) is 11.3. The van der Waals surface area contributed by atoms with Crippen LogP contribution in [0.5, 0.6) is 0 Å². The van der Waals surface area contributed by atoms with Crippen molar-refractivity contribution in [1.82, 2.24) is 20.2 Å². The molecule has 0 atom stereocenters. The lowest BCUT2D eigenvalue weighted by Gasteiger charge is -2.07. The first-order chi connectivity index (χ1) is 10.1. The Kier molecular flexibility index (Phi) is 3.23. The topological polar surface area (TPSA) is 104 Å². The molecule has 0 amide bonds. The molecule has 7 heteroatoms. The fraction of sp³-hybridized carbons (Fsp3) is 0.143. The zero-order chi connectivity index (χ0) is 14.8. The van der Waals surface area contributed by atoms with Crippen LogP contribution in [0.4, 0.5) is 5.82 Å². The number of nitrogens with zero attached hydrogens (tertiary/aromatic N) is 3. The summed E-state index contributed by atoms with van der Waals surface area (Å²) in [5.41, 5.74) is 1.92. The first-order valence-corrected chi connectivity index (χ1v) is 6.37. The number of fused-ring (bicyclic) bond motifs is 1. The Hall–Kier alpha value is -2.96. The van der Waals surface area contributed by atoms with Gasteiger partial charge in [-0.2, -0.15) is 5.10 Å². The van der Waals surface area contributed by atoms with Gasteiger partial charge in [0.15, 0.2) is 5.65 Å². The van der Waals surface area contributed by atoms with Crippen molar-refractivity contribution in [2.24, 2.45) is 0 Å². The number of aromatic nitrogens is 4. The van der Waals surface area contributed by atoms with E-state index in [0.29, 0.717) is 23.8 Å². The third-order valence-corrected chi connectivity index (χ3v) is 3.08.